The monoisotopic (exact) mass is 362 g/mol. The summed E-state index contributed by atoms with van der Waals surface area (Å²) in [6.45, 7) is 4.47. The number of rotatable bonds is 6. The highest BCUT2D eigenvalue weighted by molar-refractivity contribution is 5.94. The van der Waals surface area contributed by atoms with Crippen LogP contribution in [0, 0.1) is 11.6 Å². The summed E-state index contributed by atoms with van der Waals surface area (Å²) in [5, 5.41) is 5.72. The van der Waals surface area contributed by atoms with Crippen molar-refractivity contribution >= 4 is 17.4 Å². The molecule has 6 nitrogen and oxygen atoms in total. The molecule has 26 heavy (non-hydrogen) atoms. The van der Waals surface area contributed by atoms with Gasteiger partial charge in [0.2, 0.25) is 0 Å². The summed E-state index contributed by atoms with van der Waals surface area (Å²) >= 11 is 0. The summed E-state index contributed by atoms with van der Waals surface area (Å²) < 4.78 is 31.5. The number of ether oxygens (including phenoxy) is 1. The topological polar surface area (TPSA) is 66.5 Å². The van der Waals surface area contributed by atoms with E-state index in [1.807, 2.05) is 0 Å². The van der Waals surface area contributed by atoms with E-state index in [2.05, 4.69) is 20.5 Å². The van der Waals surface area contributed by atoms with E-state index in [-0.39, 0.29) is 5.91 Å². The Balaban J connectivity index is 1.55. The molecule has 138 valence electrons. The molecular formula is C18H20F2N4O2. The molecule has 1 saturated heterocycles. The van der Waals surface area contributed by atoms with Crippen LogP contribution < -0.4 is 10.6 Å². The van der Waals surface area contributed by atoms with E-state index < -0.39 is 11.6 Å². The Kier molecular flexibility index (Phi) is 6.08. The molecule has 1 aromatic carbocycles. The van der Waals surface area contributed by atoms with Gasteiger partial charge < -0.3 is 15.4 Å². The lowest BCUT2D eigenvalue weighted by Gasteiger charge is -2.26. The van der Waals surface area contributed by atoms with Gasteiger partial charge in [0.1, 0.15) is 5.82 Å². The second kappa shape index (κ2) is 8.68. The van der Waals surface area contributed by atoms with Crippen LogP contribution in [0.15, 0.2) is 36.5 Å². The fourth-order valence-corrected chi connectivity index (χ4v) is 2.62. The van der Waals surface area contributed by atoms with Gasteiger partial charge in [-0.2, -0.15) is 0 Å². The number of halogens is 2. The quantitative estimate of drug-likeness (QED) is 0.824. The number of carbonyl (C=O) groups excluding carboxylic acids is 1. The van der Waals surface area contributed by atoms with Gasteiger partial charge in [0.15, 0.2) is 11.6 Å². The van der Waals surface area contributed by atoms with Gasteiger partial charge in [0, 0.05) is 49.7 Å². The minimum atomic E-state index is -0.952. The summed E-state index contributed by atoms with van der Waals surface area (Å²) in [7, 11) is 0. The fraction of sp³-hybridized carbons (Fsp3) is 0.333. The molecule has 0 atom stereocenters. The zero-order valence-corrected chi connectivity index (χ0v) is 14.2. The first-order chi connectivity index (χ1) is 12.6. The Labute approximate surface area is 150 Å². The Hall–Kier alpha value is -2.58. The molecule has 8 heteroatoms. The number of pyridine rings is 1. The van der Waals surface area contributed by atoms with E-state index in [9.17, 15) is 13.6 Å². The molecule has 0 aliphatic carbocycles. The van der Waals surface area contributed by atoms with Gasteiger partial charge in [0.05, 0.1) is 13.2 Å². The molecule has 2 aromatic rings. The van der Waals surface area contributed by atoms with Crippen LogP contribution in [0.4, 0.5) is 20.3 Å². The molecule has 1 aliphatic rings. The molecule has 1 amide bonds. The van der Waals surface area contributed by atoms with Crippen molar-refractivity contribution < 1.29 is 18.3 Å². The van der Waals surface area contributed by atoms with Crippen LogP contribution >= 0.6 is 0 Å². The lowest BCUT2D eigenvalue weighted by molar-refractivity contribution is 0.0383. The highest BCUT2D eigenvalue weighted by Crippen LogP contribution is 2.18. The smallest absolute Gasteiger partial charge is 0.251 e. The maximum atomic E-state index is 13.3. The first-order valence-electron chi connectivity index (χ1n) is 8.38. The van der Waals surface area contributed by atoms with Crippen molar-refractivity contribution in [3.63, 3.8) is 0 Å². The number of carbonyl (C=O) groups is 1. The van der Waals surface area contributed by atoms with Gasteiger partial charge in [-0.1, -0.05) is 0 Å². The van der Waals surface area contributed by atoms with E-state index in [1.165, 1.54) is 12.3 Å². The molecule has 1 aromatic heterocycles. The van der Waals surface area contributed by atoms with Crippen LogP contribution in [0.3, 0.4) is 0 Å². The number of hydrogen-bond acceptors (Lipinski definition) is 5. The van der Waals surface area contributed by atoms with Crippen LogP contribution in [-0.4, -0.2) is 55.2 Å². The van der Waals surface area contributed by atoms with Crippen molar-refractivity contribution in [3.8, 4) is 0 Å². The summed E-state index contributed by atoms with van der Waals surface area (Å²) in [4.78, 5) is 18.6. The number of morpholine rings is 1. The van der Waals surface area contributed by atoms with E-state index >= 15 is 0 Å². The first kappa shape index (κ1) is 18.2. The molecule has 3 rings (SSSR count). The van der Waals surface area contributed by atoms with Crippen LogP contribution in [0.25, 0.3) is 0 Å². The molecule has 2 heterocycles. The Morgan fingerprint density at radius 2 is 1.96 bits per heavy atom. The molecule has 1 fully saturated rings. The third-order valence-corrected chi connectivity index (χ3v) is 4.03. The highest BCUT2D eigenvalue weighted by atomic mass is 19.2. The van der Waals surface area contributed by atoms with Gasteiger partial charge in [-0.25, -0.2) is 13.8 Å². The first-order valence-corrected chi connectivity index (χ1v) is 8.38. The molecule has 0 unspecified atom stereocenters. The van der Waals surface area contributed by atoms with Gasteiger partial charge in [-0.15, -0.1) is 0 Å². The Morgan fingerprint density at radius 1 is 1.15 bits per heavy atom. The maximum Gasteiger partial charge on any atom is 0.251 e. The number of benzene rings is 1. The number of nitrogens with zero attached hydrogens (tertiary/aromatic N) is 2. The zero-order chi connectivity index (χ0) is 18.4. The number of aromatic nitrogens is 1. The Bertz CT molecular complexity index is 767. The Morgan fingerprint density at radius 3 is 2.73 bits per heavy atom. The average molecular weight is 362 g/mol. The second-order valence-electron chi connectivity index (χ2n) is 5.89. The largest absolute Gasteiger partial charge is 0.379 e. The van der Waals surface area contributed by atoms with Crippen LogP contribution in [0.2, 0.25) is 0 Å². The molecule has 0 radical (unpaired) electrons. The lowest BCUT2D eigenvalue weighted by atomic mass is 10.2. The van der Waals surface area contributed by atoms with Crippen molar-refractivity contribution in [2.45, 2.75) is 0 Å². The average Bonchev–Trinajstić information content (AvgIpc) is 2.66. The maximum absolute atomic E-state index is 13.3. The molecule has 0 bridgehead atoms. The van der Waals surface area contributed by atoms with Crippen molar-refractivity contribution in [1.82, 2.24) is 15.2 Å². The normalized spacial score (nSPS) is 14.8. The minimum absolute atomic E-state index is 0.214. The number of amides is 1. The van der Waals surface area contributed by atoms with Gasteiger partial charge in [-0.05, 0) is 24.3 Å². The lowest BCUT2D eigenvalue weighted by Crippen LogP contribution is -2.41. The SMILES string of the molecule is O=C(NCCN1CCOCC1)c1ccnc(Nc2ccc(F)c(F)c2)c1. The third kappa shape index (κ3) is 4.96. The number of nitrogens with one attached hydrogen (secondary N) is 2. The molecular weight excluding hydrogens is 342 g/mol. The highest BCUT2D eigenvalue weighted by Gasteiger charge is 2.11. The van der Waals surface area contributed by atoms with Crippen LogP contribution in [0.1, 0.15) is 10.4 Å². The molecule has 0 saturated carbocycles. The number of hydrogen-bond donors (Lipinski definition) is 2. The summed E-state index contributed by atoms with van der Waals surface area (Å²) in [5.74, 6) is -1.71. The zero-order valence-electron chi connectivity index (χ0n) is 14.2. The summed E-state index contributed by atoms with van der Waals surface area (Å²) in [6.07, 6.45) is 1.49. The molecule has 0 spiro atoms. The van der Waals surface area contributed by atoms with E-state index in [1.54, 1.807) is 12.1 Å². The summed E-state index contributed by atoms with van der Waals surface area (Å²) in [5.41, 5.74) is 0.785. The van der Waals surface area contributed by atoms with Crippen LogP contribution in [-0.2, 0) is 4.74 Å². The number of anilines is 2. The van der Waals surface area contributed by atoms with Gasteiger partial charge in [0.25, 0.3) is 5.91 Å². The van der Waals surface area contributed by atoms with E-state index in [4.69, 9.17) is 4.74 Å². The second-order valence-corrected chi connectivity index (χ2v) is 5.89. The predicted octanol–water partition coefficient (Wildman–Crippen LogP) is 2.17. The standard InChI is InChI=1S/C18H20F2N4O2/c19-15-2-1-14(12-16(15)20)23-17-11-13(3-4-21-17)18(25)22-5-6-24-7-9-26-10-8-24/h1-4,11-12H,5-10H2,(H,21,23)(H,22,25). The van der Waals surface area contributed by atoms with Gasteiger partial charge in [-0.3, -0.25) is 9.69 Å². The van der Waals surface area contributed by atoms with Crippen molar-refractivity contribution in [2.24, 2.45) is 0 Å². The van der Waals surface area contributed by atoms with Gasteiger partial charge >= 0.3 is 0 Å². The molecule has 2 N–H and O–H groups in total. The van der Waals surface area contributed by atoms with Crippen molar-refractivity contribution in [1.29, 1.82) is 0 Å². The van der Waals surface area contributed by atoms with Crippen LogP contribution in [0.5, 0.6) is 0 Å². The van der Waals surface area contributed by atoms with Crippen molar-refractivity contribution in [2.75, 3.05) is 44.7 Å². The summed E-state index contributed by atoms with van der Waals surface area (Å²) in [6, 6.07) is 6.62. The fourth-order valence-electron chi connectivity index (χ4n) is 2.62. The van der Waals surface area contributed by atoms with E-state index in [0.717, 1.165) is 45.0 Å². The van der Waals surface area contributed by atoms with E-state index in [0.29, 0.717) is 23.6 Å². The minimum Gasteiger partial charge on any atom is -0.379 e. The predicted molar refractivity (Wildman–Crippen MR) is 93.5 cm³/mol. The third-order valence-electron chi connectivity index (χ3n) is 4.03. The van der Waals surface area contributed by atoms with Crippen molar-refractivity contribution in [3.05, 3.63) is 53.7 Å². The molecule has 1 aliphatic heterocycles.